The first kappa shape index (κ1) is 25.4. The summed E-state index contributed by atoms with van der Waals surface area (Å²) in [4.78, 5) is 59.1. The Kier molecular flexibility index (Phi) is 8.55. The van der Waals surface area contributed by atoms with Gasteiger partial charge in [0.25, 0.3) is 0 Å². The lowest BCUT2D eigenvalue weighted by Crippen LogP contribution is -2.45. The van der Waals surface area contributed by atoms with E-state index in [0.717, 1.165) is 36.5 Å². The first-order valence-electron chi connectivity index (χ1n) is 10.9. The lowest BCUT2D eigenvalue weighted by atomic mass is 9.98. The van der Waals surface area contributed by atoms with Crippen LogP contribution in [0.4, 0.5) is 4.79 Å². The van der Waals surface area contributed by atoms with Crippen molar-refractivity contribution in [3.63, 3.8) is 0 Å². The molecule has 0 radical (unpaired) electrons. The monoisotopic (exact) mass is 482 g/mol. The number of carbonyl (C=O) groups is 5. The molecule has 3 rings (SSSR count). The van der Waals surface area contributed by atoms with Crippen molar-refractivity contribution < 1.29 is 38.2 Å². The van der Waals surface area contributed by atoms with Crippen LogP contribution < -0.4 is 10.6 Å². The number of ketones is 1. The fraction of sp³-hybridized carbons (Fsp3) is 0.320. The Morgan fingerprint density at radius 2 is 1.49 bits per heavy atom. The zero-order chi connectivity index (χ0) is 25.4. The van der Waals surface area contributed by atoms with Crippen LogP contribution in [0.1, 0.15) is 29.9 Å². The Balaban J connectivity index is 1.47. The van der Waals surface area contributed by atoms with Gasteiger partial charge in [0.05, 0.1) is 20.8 Å². The molecule has 0 aliphatic heterocycles. The highest BCUT2D eigenvalue weighted by atomic mass is 16.5. The lowest BCUT2D eigenvalue weighted by Gasteiger charge is -2.16. The van der Waals surface area contributed by atoms with E-state index < -0.39 is 35.8 Å². The average Bonchev–Trinajstić information content (AvgIpc) is 3.21. The number of fused-ring (bicyclic) bond motifs is 3. The Labute approximate surface area is 201 Å². The van der Waals surface area contributed by atoms with Crippen LogP contribution in [0.5, 0.6) is 0 Å². The second-order valence-electron chi connectivity index (χ2n) is 7.80. The van der Waals surface area contributed by atoms with E-state index in [1.807, 2.05) is 48.5 Å². The van der Waals surface area contributed by atoms with Crippen molar-refractivity contribution in [1.29, 1.82) is 0 Å². The molecule has 184 valence electrons. The van der Waals surface area contributed by atoms with Crippen LogP contribution in [0.25, 0.3) is 11.1 Å². The summed E-state index contributed by atoms with van der Waals surface area (Å²) in [7, 11) is 2.13. The summed E-state index contributed by atoms with van der Waals surface area (Å²) in [5.41, 5.74) is 4.35. The number of alkyl carbamates (subject to hydrolysis) is 1. The van der Waals surface area contributed by atoms with E-state index in [4.69, 9.17) is 4.74 Å². The predicted molar refractivity (Wildman–Crippen MR) is 123 cm³/mol. The largest absolute Gasteiger partial charge is 0.467 e. The topological polar surface area (TPSA) is 137 Å². The molecule has 0 fully saturated rings. The van der Waals surface area contributed by atoms with Gasteiger partial charge in [-0.2, -0.15) is 0 Å². The third-order valence-corrected chi connectivity index (χ3v) is 5.65. The zero-order valence-electron chi connectivity index (χ0n) is 19.4. The van der Waals surface area contributed by atoms with Gasteiger partial charge in [-0.3, -0.25) is 9.59 Å². The molecule has 2 N–H and O–H groups in total. The van der Waals surface area contributed by atoms with E-state index >= 15 is 0 Å². The lowest BCUT2D eigenvalue weighted by molar-refractivity contribution is -0.154. The number of hydrogen-bond donors (Lipinski definition) is 2. The smallest absolute Gasteiger partial charge is 0.407 e. The number of esters is 2. The number of amides is 2. The van der Waals surface area contributed by atoms with E-state index in [-0.39, 0.29) is 31.9 Å². The van der Waals surface area contributed by atoms with Crippen LogP contribution >= 0.6 is 0 Å². The summed E-state index contributed by atoms with van der Waals surface area (Å²) >= 11 is 0. The number of rotatable bonds is 9. The van der Waals surface area contributed by atoms with Crippen LogP contribution in [0.15, 0.2) is 48.5 Å². The Morgan fingerprint density at radius 1 is 0.886 bits per heavy atom. The molecule has 2 aromatic rings. The van der Waals surface area contributed by atoms with Crippen molar-refractivity contribution in [3.05, 3.63) is 59.7 Å². The molecule has 10 heteroatoms. The standard InChI is InChI=1S/C25H26N2O8/c1-33-23(30)21(27-22(29)24(31)34-2)12-11-15(28)13-26-25(32)35-14-20-18-9-5-3-7-16(18)17-8-4-6-10-19(17)20/h3-10,20-21H,11-14H2,1-2H3,(H,26,32)(H,27,29)/t21-/m0/s1. The van der Waals surface area contributed by atoms with E-state index in [2.05, 4.69) is 20.1 Å². The van der Waals surface area contributed by atoms with Gasteiger partial charge in [0.1, 0.15) is 12.6 Å². The average molecular weight is 482 g/mol. The first-order chi connectivity index (χ1) is 16.8. The van der Waals surface area contributed by atoms with Crippen molar-refractivity contribution in [1.82, 2.24) is 10.6 Å². The molecule has 10 nitrogen and oxygen atoms in total. The molecular formula is C25H26N2O8. The molecule has 0 spiro atoms. The summed E-state index contributed by atoms with van der Waals surface area (Å²) in [6.07, 6.45) is -1.03. The SMILES string of the molecule is COC(=O)C(=O)N[C@@H](CCC(=O)CNC(=O)OCC1c2ccccc2-c2ccccc21)C(=O)OC. The van der Waals surface area contributed by atoms with Gasteiger partial charge in [0, 0.05) is 12.3 Å². The number of methoxy groups -OCH3 is 2. The molecule has 1 aliphatic rings. The van der Waals surface area contributed by atoms with Crippen molar-refractivity contribution in [2.75, 3.05) is 27.4 Å². The van der Waals surface area contributed by atoms with E-state index in [0.29, 0.717) is 0 Å². The number of nitrogens with one attached hydrogen (secondary N) is 2. The Bertz CT molecular complexity index is 1080. The fourth-order valence-corrected chi connectivity index (χ4v) is 3.91. The summed E-state index contributed by atoms with van der Waals surface area (Å²) in [6.45, 7) is -0.215. The molecule has 0 saturated carbocycles. The van der Waals surface area contributed by atoms with Gasteiger partial charge in [-0.15, -0.1) is 0 Å². The van der Waals surface area contributed by atoms with E-state index in [9.17, 15) is 24.0 Å². The minimum Gasteiger partial charge on any atom is -0.467 e. The van der Waals surface area contributed by atoms with E-state index in [1.54, 1.807) is 0 Å². The first-order valence-corrected chi connectivity index (χ1v) is 10.9. The summed E-state index contributed by atoms with van der Waals surface area (Å²) in [6, 6.07) is 14.6. The van der Waals surface area contributed by atoms with Gasteiger partial charge in [-0.1, -0.05) is 48.5 Å². The molecule has 35 heavy (non-hydrogen) atoms. The van der Waals surface area contributed by atoms with Crippen LogP contribution in [0.2, 0.25) is 0 Å². The quantitative estimate of drug-likeness (QED) is 0.313. The highest BCUT2D eigenvalue weighted by Gasteiger charge is 2.29. The normalized spacial score (nSPS) is 12.5. The summed E-state index contributed by atoms with van der Waals surface area (Å²) in [5.74, 6) is -3.64. The maximum atomic E-state index is 12.2. The van der Waals surface area contributed by atoms with Gasteiger partial charge >= 0.3 is 23.9 Å². The van der Waals surface area contributed by atoms with Crippen molar-refractivity contribution in [2.24, 2.45) is 0 Å². The predicted octanol–water partition coefficient (Wildman–Crippen LogP) is 1.71. The number of ether oxygens (including phenoxy) is 3. The zero-order valence-corrected chi connectivity index (χ0v) is 19.4. The van der Waals surface area contributed by atoms with E-state index in [1.165, 1.54) is 0 Å². The molecule has 0 aromatic heterocycles. The van der Waals surface area contributed by atoms with Gasteiger partial charge < -0.3 is 24.8 Å². The molecule has 1 atom stereocenters. The van der Waals surface area contributed by atoms with Crippen molar-refractivity contribution >= 4 is 29.7 Å². The molecule has 0 bridgehead atoms. The minimum absolute atomic E-state index is 0.108. The van der Waals surface area contributed by atoms with Gasteiger partial charge in [0.2, 0.25) is 0 Å². The molecule has 0 heterocycles. The fourth-order valence-electron chi connectivity index (χ4n) is 3.91. The molecular weight excluding hydrogens is 456 g/mol. The highest BCUT2D eigenvalue weighted by molar-refractivity contribution is 6.32. The summed E-state index contributed by atoms with van der Waals surface area (Å²) < 4.78 is 14.2. The number of carbonyl (C=O) groups excluding carboxylic acids is 5. The second-order valence-corrected chi connectivity index (χ2v) is 7.80. The van der Waals surface area contributed by atoms with Gasteiger partial charge in [0.15, 0.2) is 5.78 Å². The van der Waals surface area contributed by atoms with Crippen LogP contribution in [-0.4, -0.2) is 63.1 Å². The third kappa shape index (κ3) is 6.23. The van der Waals surface area contributed by atoms with Crippen LogP contribution in [-0.2, 0) is 33.4 Å². The molecule has 1 aliphatic carbocycles. The number of benzene rings is 2. The number of Topliss-reactive ketones (excluding diaryl/α,β-unsaturated/α-hetero) is 1. The van der Waals surface area contributed by atoms with Gasteiger partial charge in [-0.05, 0) is 28.7 Å². The van der Waals surface area contributed by atoms with Crippen LogP contribution in [0.3, 0.4) is 0 Å². The maximum absolute atomic E-state index is 12.2. The third-order valence-electron chi connectivity index (χ3n) is 5.65. The Morgan fingerprint density at radius 3 is 2.06 bits per heavy atom. The highest BCUT2D eigenvalue weighted by Crippen LogP contribution is 2.44. The maximum Gasteiger partial charge on any atom is 0.407 e. The molecule has 2 amide bonds. The van der Waals surface area contributed by atoms with Gasteiger partial charge in [-0.25, -0.2) is 14.4 Å². The van der Waals surface area contributed by atoms with Crippen molar-refractivity contribution in [2.45, 2.75) is 24.8 Å². The molecule has 0 unspecified atom stereocenters. The molecule has 2 aromatic carbocycles. The summed E-state index contributed by atoms with van der Waals surface area (Å²) in [5, 5.41) is 4.56. The van der Waals surface area contributed by atoms with Crippen molar-refractivity contribution in [3.8, 4) is 11.1 Å². The van der Waals surface area contributed by atoms with Crippen LogP contribution in [0, 0.1) is 0 Å². The minimum atomic E-state index is -1.22. The Hall–Kier alpha value is -4.21. The molecule has 0 saturated heterocycles. The number of hydrogen-bond acceptors (Lipinski definition) is 8. The second kappa shape index (κ2) is 11.8.